The fraction of sp³-hybridized carbons (Fsp3) is 0.729. The first-order valence-corrected chi connectivity index (χ1v) is 23.0. The minimum Gasteiger partial charge on any atom is -0.447 e. The van der Waals surface area contributed by atoms with Gasteiger partial charge in [0.05, 0.1) is 23.8 Å². The number of primary amides is 1. The molecule has 2 aliphatic carbocycles. The molecule has 14 heteroatoms. The molecule has 0 radical (unpaired) electrons. The number of benzene rings is 1. The number of aliphatic hydroxyl groups is 1. The van der Waals surface area contributed by atoms with Gasteiger partial charge in [0.15, 0.2) is 5.78 Å². The molecule has 3 aliphatic rings. The van der Waals surface area contributed by atoms with Gasteiger partial charge in [-0.25, -0.2) is 4.79 Å². The maximum absolute atomic E-state index is 13.9. The predicted octanol–water partition coefficient (Wildman–Crippen LogP) is 7.52. The number of aldehydes is 1. The largest absolute Gasteiger partial charge is 0.447 e. The zero-order valence-corrected chi connectivity index (χ0v) is 40.1. The van der Waals surface area contributed by atoms with Crippen LogP contribution in [0.3, 0.4) is 0 Å². The van der Waals surface area contributed by atoms with E-state index in [4.69, 9.17) is 20.4 Å². The first-order valence-electron chi connectivity index (χ1n) is 23.0. The third kappa shape index (κ3) is 27.0. The number of nitrogens with two attached hydrogens (primary N) is 2. The second-order valence-electron chi connectivity index (χ2n) is 17.2. The van der Waals surface area contributed by atoms with E-state index in [0.717, 1.165) is 69.8 Å². The number of Topliss-reactive ketones (excluding diaryl/α,β-unsaturated/α-hetero) is 2. The summed E-state index contributed by atoms with van der Waals surface area (Å²) in [5, 5.41) is 14.4. The Morgan fingerprint density at radius 2 is 1.40 bits per heavy atom. The van der Waals surface area contributed by atoms with E-state index in [-0.39, 0.29) is 66.4 Å². The van der Waals surface area contributed by atoms with Crippen LogP contribution in [0.5, 0.6) is 0 Å². The van der Waals surface area contributed by atoms with Crippen molar-refractivity contribution >= 4 is 42.2 Å². The first kappa shape index (κ1) is 59.9. The number of nitrogens with one attached hydrogen (secondary N) is 2. The molecule has 14 nitrogen and oxygen atoms in total. The van der Waals surface area contributed by atoms with Gasteiger partial charge in [-0.1, -0.05) is 96.6 Å². The van der Waals surface area contributed by atoms with Crippen molar-refractivity contribution in [2.75, 3.05) is 6.54 Å². The smallest absolute Gasteiger partial charge is 0.408 e. The zero-order chi connectivity index (χ0) is 47.8. The minimum atomic E-state index is -0.640. The van der Waals surface area contributed by atoms with Gasteiger partial charge in [0, 0.05) is 31.3 Å². The van der Waals surface area contributed by atoms with Crippen LogP contribution < -0.4 is 22.1 Å². The van der Waals surface area contributed by atoms with Crippen molar-refractivity contribution in [1.82, 2.24) is 15.5 Å². The zero-order valence-electron chi connectivity index (χ0n) is 40.1. The van der Waals surface area contributed by atoms with E-state index in [1.165, 1.54) is 6.42 Å². The number of rotatable bonds is 15. The van der Waals surface area contributed by atoms with Gasteiger partial charge in [-0.05, 0) is 104 Å². The molecule has 356 valence electrons. The molecule has 1 saturated heterocycles. The number of ether oxygens (including phenoxy) is 1. The summed E-state index contributed by atoms with van der Waals surface area (Å²) in [5.41, 5.74) is 9.74. The molecular formula is C48H85N5O9. The quantitative estimate of drug-likeness (QED) is 0.0860. The third-order valence-electron chi connectivity index (χ3n) is 10.2. The van der Waals surface area contributed by atoms with E-state index in [1.54, 1.807) is 48.5 Å². The van der Waals surface area contributed by atoms with E-state index in [0.29, 0.717) is 31.6 Å². The number of hydrogen-bond donors (Lipinski definition) is 5. The van der Waals surface area contributed by atoms with Gasteiger partial charge in [-0.3, -0.25) is 24.0 Å². The van der Waals surface area contributed by atoms with E-state index in [1.807, 2.05) is 62.9 Å². The normalized spacial score (nSPS) is 17.7. The molecular weight excluding hydrogens is 791 g/mol. The summed E-state index contributed by atoms with van der Waals surface area (Å²) in [6, 6.07) is 8.91. The van der Waals surface area contributed by atoms with E-state index in [2.05, 4.69) is 16.4 Å². The Hall–Kier alpha value is -4.17. The van der Waals surface area contributed by atoms with Gasteiger partial charge < -0.3 is 41.6 Å². The molecule has 7 N–H and O–H groups in total. The number of nitrogens with zero attached hydrogens (tertiary/aromatic N) is 1. The van der Waals surface area contributed by atoms with Crippen molar-refractivity contribution in [1.29, 1.82) is 0 Å². The van der Waals surface area contributed by atoms with Crippen LogP contribution in [-0.4, -0.2) is 88.6 Å². The van der Waals surface area contributed by atoms with Crippen molar-refractivity contribution in [3.05, 3.63) is 35.9 Å². The summed E-state index contributed by atoms with van der Waals surface area (Å²) in [4.78, 5) is 82.9. The molecule has 5 atom stereocenters. The Kier molecular flexibility index (Phi) is 33.2. The summed E-state index contributed by atoms with van der Waals surface area (Å²) in [5.74, 6) is -0.510. The number of carbonyl (C=O) groups is 7. The summed E-state index contributed by atoms with van der Waals surface area (Å²) in [6.07, 6.45) is 12.5. The van der Waals surface area contributed by atoms with Gasteiger partial charge in [0.1, 0.15) is 12.3 Å². The second-order valence-corrected chi connectivity index (χ2v) is 17.2. The van der Waals surface area contributed by atoms with Crippen LogP contribution in [-0.2, 0) is 33.5 Å². The van der Waals surface area contributed by atoms with Gasteiger partial charge in [0.2, 0.25) is 24.0 Å². The predicted molar refractivity (Wildman–Crippen MR) is 247 cm³/mol. The Morgan fingerprint density at radius 1 is 0.871 bits per heavy atom. The highest BCUT2D eigenvalue weighted by molar-refractivity contribution is 6.38. The number of ketones is 2. The number of amides is 4. The highest BCUT2D eigenvalue weighted by atomic mass is 16.6. The van der Waals surface area contributed by atoms with E-state index < -0.39 is 23.7 Å². The first-order chi connectivity index (χ1) is 29.2. The fourth-order valence-corrected chi connectivity index (χ4v) is 7.16. The van der Waals surface area contributed by atoms with Crippen molar-refractivity contribution in [2.24, 2.45) is 29.2 Å². The number of hydrogen-bond acceptors (Lipinski definition) is 10. The molecule has 4 rings (SSSR count). The lowest BCUT2D eigenvalue weighted by Gasteiger charge is -2.38. The van der Waals surface area contributed by atoms with Crippen LogP contribution in [0.25, 0.3) is 0 Å². The monoisotopic (exact) mass is 876 g/mol. The standard InChI is InChI=1S/C26H42N2O5.C12H17NO.C4H10O.C3H7NO.C2H6.CH3NO/c1-4-22(29)24(30)20(16-18-10-8-11-18)21-14-9-15-28(21)25(31)23(19-12-6-5-7-13-19)27-26(32)33-17(2)3;1-3-7-12(14)13-10(2)11-8-5-4-6-9-11;1-4(2,3)5;1-3(4)2-5;1-2;2-1-3/h17-21,23H,4-16H2,1-3H3,(H,27,32);4-6,8-10H,3,7H2,1-2H3,(H,13,14);5H,1-3H3;2-3H,4H2,1H3;1-2H3;1H,(H2,2,3). The second kappa shape index (κ2) is 34.3. The summed E-state index contributed by atoms with van der Waals surface area (Å²) in [7, 11) is 0. The van der Waals surface area contributed by atoms with Crippen molar-refractivity contribution in [3.8, 4) is 0 Å². The van der Waals surface area contributed by atoms with Crippen LogP contribution in [0.4, 0.5) is 4.79 Å². The highest BCUT2D eigenvalue weighted by Crippen LogP contribution is 2.38. The Bertz CT molecular complexity index is 1400. The van der Waals surface area contributed by atoms with Crippen LogP contribution in [0, 0.1) is 17.8 Å². The van der Waals surface area contributed by atoms with Gasteiger partial charge in [-0.2, -0.15) is 0 Å². The molecule has 1 aromatic rings. The SMILES string of the molecule is CC.CC(C)(C)O.CC(N)C=O.CCC(=O)C(=O)C(CC1CCC1)C1CCCN1C(=O)C(NC(=O)OC(C)C)C1CCCCC1.CCCC(=O)NC(C)c1ccccc1.NC=O. The molecule has 1 aliphatic heterocycles. The number of carbonyl (C=O) groups excluding carboxylic acids is 7. The van der Waals surface area contributed by atoms with Crippen molar-refractivity contribution < 1.29 is 43.4 Å². The minimum absolute atomic E-state index is 0.0743. The van der Waals surface area contributed by atoms with Crippen LogP contribution >= 0.6 is 0 Å². The van der Waals surface area contributed by atoms with Gasteiger partial charge in [0.25, 0.3) is 0 Å². The average molecular weight is 876 g/mol. The summed E-state index contributed by atoms with van der Waals surface area (Å²) < 4.78 is 5.30. The molecule has 4 amide bonds. The maximum Gasteiger partial charge on any atom is 0.408 e. The highest BCUT2D eigenvalue weighted by Gasteiger charge is 2.44. The lowest BCUT2D eigenvalue weighted by Crippen LogP contribution is -2.56. The Labute approximate surface area is 373 Å². The topological polar surface area (TPSA) is 228 Å². The van der Waals surface area contributed by atoms with Gasteiger partial charge >= 0.3 is 6.09 Å². The number of likely N-dealkylation sites (tertiary alicyclic amines) is 1. The molecule has 3 fully saturated rings. The Morgan fingerprint density at radius 3 is 1.84 bits per heavy atom. The van der Waals surface area contributed by atoms with Crippen LogP contribution in [0.1, 0.15) is 178 Å². The third-order valence-corrected chi connectivity index (χ3v) is 10.2. The van der Waals surface area contributed by atoms with Gasteiger partial charge in [-0.15, -0.1) is 0 Å². The Balaban J connectivity index is 0. The molecule has 1 aromatic carbocycles. The maximum atomic E-state index is 13.9. The molecule has 2 saturated carbocycles. The fourth-order valence-electron chi connectivity index (χ4n) is 7.16. The van der Waals surface area contributed by atoms with Crippen LogP contribution in [0.15, 0.2) is 30.3 Å². The average Bonchev–Trinajstić information content (AvgIpc) is 3.70. The molecule has 62 heavy (non-hydrogen) atoms. The summed E-state index contributed by atoms with van der Waals surface area (Å²) in [6.45, 7) is 20.7. The lowest BCUT2D eigenvalue weighted by atomic mass is 9.74. The summed E-state index contributed by atoms with van der Waals surface area (Å²) >= 11 is 0. The van der Waals surface area contributed by atoms with Crippen molar-refractivity contribution in [2.45, 2.75) is 202 Å². The molecule has 0 spiro atoms. The van der Waals surface area contributed by atoms with Crippen LogP contribution in [0.2, 0.25) is 0 Å². The molecule has 1 heterocycles. The molecule has 0 aromatic heterocycles. The van der Waals surface area contributed by atoms with E-state index in [9.17, 15) is 28.8 Å². The molecule has 5 unspecified atom stereocenters. The molecule has 0 bridgehead atoms. The van der Waals surface area contributed by atoms with Crippen molar-refractivity contribution in [3.63, 3.8) is 0 Å². The number of alkyl carbamates (subject to hydrolysis) is 1. The van der Waals surface area contributed by atoms with E-state index >= 15 is 0 Å². The lowest BCUT2D eigenvalue weighted by molar-refractivity contribution is -0.144.